The molecule has 2 heterocycles. The second kappa shape index (κ2) is 7.20. The molecule has 1 aliphatic rings. The van der Waals surface area contributed by atoms with Gasteiger partial charge in [-0.15, -0.1) is 0 Å². The van der Waals surface area contributed by atoms with Crippen molar-refractivity contribution in [3.63, 3.8) is 0 Å². The van der Waals surface area contributed by atoms with Gasteiger partial charge in [-0.3, -0.25) is 0 Å². The molecule has 0 unspecified atom stereocenters. The molecule has 1 aliphatic carbocycles. The molecule has 4 aromatic rings. The Morgan fingerprint density at radius 3 is 2.42 bits per heavy atom. The third-order valence-corrected chi connectivity index (χ3v) is 7.45. The number of aryl methyl sites for hydroxylation is 3. The molecule has 6 nitrogen and oxygen atoms in total. The molecule has 1 N–H and O–H groups in total. The fourth-order valence-corrected chi connectivity index (χ4v) is 5.35. The number of aromatic nitrogens is 3. The molecule has 31 heavy (non-hydrogen) atoms. The highest BCUT2D eigenvalue weighted by Gasteiger charge is 2.29. The molecule has 2 aromatic carbocycles. The molecule has 0 amide bonds. The van der Waals surface area contributed by atoms with E-state index in [1.807, 2.05) is 63.2 Å². The van der Waals surface area contributed by atoms with E-state index in [0.29, 0.717) is 23.1 Å². The van der Waals surface area contributed by atoms with Crippen LogP contribution >= 0.6 is 0 Å². The maximum absolute atomic E-state index is 13.6. The minimum absolute atomic E-state index is 0.273. The minimum atomic E-state index is -3.76. The summed E-state index contributed by atoms with van der Waals surface area (Å²) in [7, 11) is -3.76. The van der Waals surface area contributed by atoms with Crippen LogP contribution in [0, 0.1) is 20.8 Å². The molecule has 1 saturated carbocycles. The number of anilines is 1. The highest BCUT2D eigenvalue weighted by Crippen LogP contribution is 2.31. The predicted molar refractivity (Wildman–Crippen MR) is 121 cm³/mol. The van der Waals surface area contributed by atoms with Gasteiger partial charge in [-0.05, 0) is 62.1 Å². The Morgan fingerprint density at radius 1 is 1.00 bits per heavy atom. The van der Waals surface area contributed by atoms with Crippen LogP contribution < -0.4 is 10.00 Å². The van der Waals surface area contributed by atoms with Gasteiger partial charge in [0.25, 0.3) is 10.0 Å². The van der Waals surface area contributed by atoms with E-state index in [0.717, 1.165) is 35.0 Å². The molecule has 2 aromatic heterocycles. The monoisotopic (exact) mass is 433 g/mol. The van der Waals surface area contributed by atoms with E-state index in [4.69, 9.17) is 5.10 Å². The van der Waals surface area contributed by atoms with Crippen LogP contribution in [0.3, 0.4) is 0 Å². The highest BCUT2D eigenvalue weighted by molar-refractivity contribution is 7.90. The molecule has 1 fully saturated rings. The first-order chi connectivity index (χ1) is 14.8. The van der Waals surface area contributed by atoms with Gasteiger partial charge in [0, 0.05) is 29.0 Å². The lowest BCUT2D eigenvalue weighted by atomic mass is 10.2. The Morgan fingerprint density at radius 2 is 1.74 bits per heavy atom. The summed E-state index contributed by atoms with van der Waals surface area (Å²) in [5.74, 6) is 0.711. The Kier molecular flexibility index (Phi) is 4.59. The van der Waals surface area contributed by atoms with Crippen molar-refractivity contribution < 1.29 is 13.1 Å². The maximum atomic E-state index is 13.6. The Bertz CT molecular complexity index is 1400. The predicted octanol–water partition coefficient (Wildman–Crippen LogP) is 4.05. The number of hydrogen-bond donors (Lipinski definition) is 1. The van der Waals surface area contributed by atoms with Gasteiger partial charge >= 0.3 is 0 Å². The summed E-state index contributed by atoms with van der Waals surface area (Å²) in [6.07, 6.45) is 4.01. The Balaban J connectivity index is 1.76. The van der Waals surface area contributed by atoms with Gasteiger partial charge < -0.3 is 5.32 Å². The van der Waals surface area contributed by atoms with Gasteiger partial charge in [0.15, 0.2) is 0 Å². The SMILES string of the molecule is Cc1ccc(S(=O)(=O)n2c(C)cc3c(NC4CC4)n[n+](-c4cccc(C)c4)cc32)cc1. The van der Waals surface area contributed by atoms with E-state index in [1.54, 1.807) is 23.0 Å². The average molecular weight is 434 g/mol. The van der Waals surface area contributed by atoms with Crippen LogP contribution in [0.15, 0.2) is 65.7 Å². The number of benzene rings is 2. The summed E-state index contributed by atoms with van der Waals surface area (Å²) < 4.78 is 30.4. The molecule has 0 bridgehead atoms. The van der Waals surface area contributed by atoms with E-state index in [1.165, 1.54) is 3.97 Å². The number of nitrogens with one attached hydrogen (secondary N) is 1. The summed E-state index contributed by atoms with van der Waals surface area (Å²) in [5.41, 5.74) is 4.28. The van der Waals surface area contributed by atoms with Crippen molar-refractivity contribution >= 4 is 26.7 Å². The molecule has 5 rings (SSSR count). The second-order valence-electron chi connectivity index (χ2n) is 8.35. The molecule has 0 spiro atoms. The van der Waals surface area contributed by atoms with Crippen molar-refractivity contribution in [1.29, 1.82) is 0 Å². The number of rotatable bonds is 5. The third kappa shape index (κ3) is 3.59. The van der Waals surface area contributed by atoms with Crippen LogP contribution in [-0.4, -0.2) is 23.5 Å². The van der Waals surface area contributed by atoms with E-state index in [9.17, 15) is 8.42 Å². The fraction of sp³-hybridized carbons (Fsp3) is 0.250. The van der Waals surface area contributed by atoms with Crippen LogP contribution in [0.25, 0.3) is 16.6 Å². The van der Waals surface area contributed by atoms with Crippen LogP contribution in [0.4, 0.5) is 5.82 Å². The van der Waals surface area contributed by atoms with Crippen LogP contribution in [-0.2, 0) is 10.0 Å². The maximum Gasteiger partial charge on any atom is 0.268 e. The van der Waals surface area contributed by atoms with Gasteiger partial charge in [-0.2, -0.15) is 0 Å². The van der Waals surface area contributed by atoms with E-state index >= 15 is 0 Å². The van der Waals surface area contributed by atoms with Crippen molar-refractivity contribution in [3.05, 3.63) is 77.6 Å². The summed E-state index contributed by atoms with van der Waals surface area (Å²) in [5, 5.41) is 9.10. The van der Waals surface area contributed by atoms with Gasteiger partial charge in [0.1, 0.15) is 5.52 Å². The first kappa shape index (κ1) is 19.8. The van der Waals surface area contributed by atoms with Crippen molar-refractivity contribution in [2.24, 2.45) is 0 Å². The first-order valence-electron chi connectivity index (χ1n) is 10.4. The zero-order chi connectivity index (χ0) is 21.8. The zero-order valence-electron chi connectivity index (χ0n) is 17.8. The van der Waals surface area contributed by atoms with Crippen molar-refractivity contribution in [2.75, 3.05) is 5.32 Å². The third-order valence-electron chi connectivity index (χ3n) is 5.62. The molecule has 0 atom stereocenters. The molecule has 0 aliphatic heterocycles. The molecule has 158 valence electrons. The minimum Gasteiger partial charge on any atom is -0.362 e. The number of nitrogens with zero attached hydrogens (tertiary/aromatic N) is 3. The molecule has 0 radical (unpaired) electrons. The van der Waals surface area contributed by atoms with E-state index < -0.39 is 10.0 Å². The average Bonchev–Trinajstić information content (AvgIpc) is 3.47. The van der Waals surface area contributed by atoms with Crippen molar-refractivity contribution in [2.45, 2.75) is 44.6 Å². The normalized spacial score (nSPS) is 14.2. The number of hydrogen-bond acceptors (Lipinski definition) is 4. The van der Waals surface area contributed by atoms with E-state index in [2.05, 4.69) is 5.32 Å². The summed E-state index contributed by atoms with van der Waals surface area (Å²) in [4.78, 5) is 0.273. The van der Waals surface area contributed by atoms with Crippen LogP contribution in [0.5, 0.6) is 0 Å². The standard InChI is InChI=1S/C24H25N4O2S/c1-16-7-11-21(12-8-16)31(29,30)28-18(3)14-22-23(28)15-27(20-6-4-5-17(2)13-20)26-24(22)25-19-9-10-19/h4-8,11-15,19H,9-10H2,1-3H3,(H,25,26)/q+1. The first-order valence-corrected chi connectivity index (χ1v) is 11.9. The molecule has 0 saturated heterocycles. The van der Waals surface area contributed by atoms with Crippen molar-refractivity contribution in [3.8, 4) is 5.69 Å². The fourth-order valence-electron chi connectivity index (χ4n) is 3.82. The van der Waals surface area contributed by atoms with Gasteiger partial charge in [-0.1, -0.05) is 29.8 Å². The lowest BCUT2D eigenvalue weighted by Gasteiger charge is -2.10. The summed E-state index contributed by atoms with van der Waals surface area (Å²) in [6, 6.07) is 17.3. The molecular formula is C24H25N4O2S+. The zero-order valence-corrected chi connectivity index (χ0v) is 18.6. The number of fused-ring (bicyclic) bond motifs is 1. The van der Waals surface area contributed by atoms with Gasteiger partial charge in [-0.25, -0.2) is 12.4 Å². The lowest BCUT2D eigenvalue weighted by molar-refractivity contribution is -0.657. The van der Waals surface area contributed by atoms with Crippen molar-refractivity contribution in [1.82, 2.24) is 9.07 Å². The lowest BCUT2D eigenvalue weighted by Crippen LogP contribution is -2.36. The highest BCUT2D eigenvalue weighted by atomic mass is 32.2. The molecule has 7 heteroatoms. The largest absolute Gasteiger partial charge is 0.362 e. The second-order valence-corrected chi connectivity index (χ2v) is 10.1. The topological polar surface area (TPSA) is 67.9 Å². The van der Waals surface area contributed by atoms with Crippen LogP contribution in [0.1, 0.15) is 29.7 Å². The van der Waals surface area contributed by atoms with Crippen LogP contribution in [0.2, 0.25) is 0 Å². The quantitative estimate of drug-likeness (QED) is 0.482. The smallest absolute Gasteiger partial charge is 0.268 e. The van der Waals surface area contributed by atoms with Gasteiger partial charge in [0.05, 0.1) is 10.3 Å². The Labute approximate surface area is 182 Å². The van der Waals surface area contributed by atoms with E-state index in [-0.39, 0.29) is 4.90 Å². The molecular weight excluding hydrogens is 408 g/mol. The summed E-state index contributed by atoms with van der Waals surface area (Å²) in [6.45, 7) is 5.79. The van der Waals surface area contributed by atoms with Gasteiger partial charge in [0.2, 0.25) is 17.7 Å². The summed E-state index contributed by atoms with van der Waals surface area (Å²) >= 11 is 0. The Hall–Kier alpha value is -3.19.